The van der Waals surface area contributed by atoms with E-state index in [1.165, 1.54) is 0 Å². The Labute approximate surface area is 98.6 Å². The summed E-state index contributed by atoms with van der Waals surface area (Å²) >= 11 is 3.46. The molecule has 4 heteroatoms. The van der Waals surface area contributed by atoms with Crippen molar-refractivity contribution in [2.75, 3.05) is 20.7 Å². The van der Waals surface area contributed by atoms with Gasteiger partial charge in [-0.2, -0.15) is 0 Å². The molecule has 1 aromatic carbocycles. The molecule has 3 nitrogen and oxygen atoms in total. The van der Waals surface area contributed by atoms with Crippen molar-refractivity contribution in [2.45, 2.75) is 12.7 Å². The first-order chi connectivity index (χ1) is 7.19. The number of halogens is 1. The number of nitrogens with one attached hydrogen (secondary N) is 1. The molecule has 0 fully saturated rings. The van der Waals surface area contributed by atoms with Gasteiger partial charge in [-0.15, -0.1) is 0 Å². The number of rotatable bonds is 5. The second-order valence-electron chi connectivity index (χ2n) is 3.36. The van der Waals surface area contributed by atoms with Crippen molar-refractivity contribution in [3.63, 3.8) is 0 Å². The van der Waals surface area contributed by atoms with Crippen LogP contribution in [0.4, 0.5) is 0 Å². The molecule has 84 valence electrons. The van der Waals surface area contributed by atoms with E-state index < -0.39 is 6.10 Å². The maximum absolute atomic E-state index is 9.75. The van der Waals surface area contributed by atoms with Gasteiger partial charge in [0.25, 0.3) is 0 Å². The molecular weight excluding hydrogens is 258 g/mol. The molecule has 1 atom stereocenters. The molecule has 0 bridgehead atoms. The summed E-state index contributed by atoms with van der Waals surface area (Å²) in [7, 11) is 3.48. The number of aliphatic hydroxyl groups excluding tert-OH is 1. The molecule has 0 spiro atoms. The van der Waals surface area contributed by atoms with Crippen molar-refractivity contribution >= 4 is 15.9 Å². The maximum atomic E-state index is 9.75. The van der Waals surface area contributed by atoms with Gasteiger partial charge in [0.05, 0.1) is 12.7 Å². The quantitative estimate of drug-likeness (QED) is 0.861. The highest BCUT2D eigenvalue weighted by molar-refractivity contribution is 9.10. The minimum atomic E-state index is -0.470. The average molecular weight is 274 g/mol. The van der Waals surface area contributed by atoms with Crippen molar-refractivity contribution in [3.05, 3.63) is 33.8 Å². The Hall–Kier alpha value is -0.420. The fourth-order valence-corrected chi connectivity index (χ4v) is 1.87. The third kappa shape index (κ3) is 3.57. The molecule has 15 heavy (non-hydrogen) atoms. The van der Waals surface area contributed by atoms with Crippen LogP contribution < -0.4 is 5.32 Å². The van der Waals surface area contributed by atoms with Gasteiger partial charge >= 0.3 is 0 Å². The van der Waals surface area contributed by atoms with Crippen molar-refractivity contribution < 1.29 is 9.84 Å². The lowest BCUT2D eigenvalue weighted by Gasteiger charge is -2.12. The van der Waals surface area contributed by atoms with Crippen molar-refractivity contribution in [3.8, 4) is 0 Å². The highest BCUT2D eigenvalue weighted by atomic mass is 79.9. The Morgan fingerprint density at radius 3 is 2.80 bits per heavy atom. The van der Waals surface area contributed by atoms with Gasteiger partial charge in [-0.05, 0) is 24.2 Å². The van der Waals surface area contributed by atoms with Crippen molar-refractivity contribution in [2.24, 2.45) is 0 Å². The van der Waals surface area contributed by atoms with Crippen LogP contribution in [0.1, 0.15) is 17.2 Å². The Morgan fingerprint density at radius 2 is 2.27 bits per heavy atom. The van der Waals surface area contributed by atoms with Gasteiger partial charge in [0.15, 0.2) is 0 Å². The molecular formula is C11H16BrNO2. The van der Waals surface area contributed by atoms with Crippen LogP contribution in [0.25, 0.3) is 0 Å². The van der Waals surface area contributed by atoms with Gasteiger partial charge in [0, 0.05) is 18.1 Å². The van der Waals surface area contributed by atoms with E-state index in [-0.39, 0.29) is 0 Å². The van der Waals surface area contributed by atoms with E-state index in [2.05, 4.69) is 21.2 Å². The van der Waals surface area contributed by atoms with Gasteiger partial charge < -0.3 is 15.2 Å². The van der Waals surface area contributed by atoms with E-state index in [9.17, 15) is 5.11 Å². The molecule has 1 aromatic rings. The third-order valence-electron chi connectivity index (χ3n) is 2.16. The normalized spacial score (nSPS) is 12.8. The van der Waals surface area contributed by atoms with E-state index in [4.69, 9.17) is 4.74 Å². The monoisotopic (exact) mass is 273 g/mol. The summed E-state index contributed by atoms with van der Waals surface area (Å²) in [6.07, 6.45) is -0.470. The Morgan fingerprint density at radius 1 is 1.53 bits per heavy atom. The first-order valence-corrected chi connectivity index (χ1v) is 5.58. The van der Waals surface area contributed by atoms with E-state index >= 15 is 0 Å². The summed E-state index contributed by atoms with van der Waals surface area (Å²) in [5.41, 5.74) is 1.98. The molecule has 0 aromatic heterocycles. The Bertz CT molecular complexity index is 317. The summed E-state index contributed by atoms with van der Waals surface area (Å²) < 4.78 is 6.02. The summed E-state index contributed by atoms with van der Waals surface area (Å²) in [4.78, 5) is 0. The topological polar surface area (TPSA) is 41.5 Å². The largest absolute Gasteiger partial charge is 0.387 e. The van der Waals surface area contributed by atoms with E-state index in [0.717, 1.165) is 15.6 Å². The zero-order valence-corrected chi connectivity index (χ0v) is 10.5. The zero-order chi connectivity index (χ0) is 11.3. The lowest BCUT2D eigenvalue weighted by molar-refractivity contribution is 0.176. The summed E-state index contributed by atoms with van der Waals surface area (Å²) in [6, 6.07) is 5.80. The predicted octanol–water partition coefficient (Wildman–Crippen LogP) is 1.85. The van der Waals surface area contributed by atoms with Crippen LogP contribution in [0, 0.1) is 0 Å². The smallest absolute Gasteiger partial charge is 0.0914 e. The number of ether oxygens (including phenoxy) is 1. The van der Waals surface area contributed by atoms with Gasteiger partial charge in [-0.3, -0.25) is 0 Å². The van der Waals surface area contributed by atoms with Crippen LogP contribution in [0.5, 0.6) is 0 Å². The second kappa shape index (κ2) is 6.23. The SMILES string of the molecule is CNCC(O)c1ccc(COC)c(Br)c1. The molecule has 0 saturated heterocycles. The fraction of sp³-hybridized carbons (Fsp3) is 0.455. The highest BCUT2D eigenvalue weighted by Crippen LogP contribution is 2.22. The number of aliphatic hydroxyl groups is 1. The number of likely N-dealkylation sites (N-methyl/N-ethyl adjacent to an activating group) is 1. The molecule has 2 N–H and O–H groups in total. The first kappa shape index (κ1) is 12.6. The molecule has 0 aliphatic rings. The van der Waals surface area contributed by atoms with Crippen LogP contribution in [-0.2, 0) is 11.3 Å². The molecule has 0 aliphatic carbocycles. The minimum Gasteiger partial charge on any atom is -0.387 e. The van der Waals surface area contributed by atoms with Gasteiger partial charge in [-0.1, -0.05) is 28.1 Å². The van der Waals surface area contributed by atoms with E-state index in [0.29, 0.717) is 13.2 Å². The van der Waals surface area contributed by atoms with Crippen LogP contribution in [-0.4, -0.2) is 25.8 Å². The van der Waals surface area contributed by atoms with Gasteiger partial charge in [-0.25, -0.2) is 0 Å². The molecule has 0 saturated carbocycles. The van der Waals surface area contributed by atoms with Crippen LogP contribution in [0.15, 0.2) is 22.7 Å². The summed E-state index contributed by atoms with van der Waals surface area (Å²) in [6.45, 7) is 1.12. The number of hydrogen-bond acceptors (Lipinski definition) is 3. The predicted molar refractivity (Wildman–Crippen MR) is 63.7 cm³/mol. The van der Waals surface area contributed by atoms with E-state index in [1.54, 1.807) is 7.11 Å². The Kier molecular flexibility index (Phi) is 5.25. The molecule has 1 unspecified atom stereocenters. The fourth-order valence-electron chi connectivity index (χ4n) is 1.35. The lowest BCUT2D eigenvalue weighted by Crippen LogP contribution is -2.16. The van der Waals surface area contributed by atoms with Crippen LogP contribution in [0.2, 0.25) is 0 Å². The number of benzene rings is 1. The molecule has 1 rings (SSSR count). The average Bonchev–Trinajstić information content (AvgIpc) is 2.21. The molecule has 0 aliphatic heterocycles. The molecule has 0 amide bonds. The highest BCUT2D eigenvalue weighted by Gasteiger charge is 2.08. The first-order valence-electron chi connectivity index (χ1n) is 4.79. The van der Waals surface area contributed by atoms with Crippen molar-refractivity contribution in [1.29, 1.82) is 0 Å². The second-order valence-corrected chi connectivity index (χ2v) is 4.21. The standard InChI is InChI=1S/C11H16BrNO2/c1-13-6-11(14)8-3-4-9(7-15-2)10(12)5-8/h3-5,11,13-14H,6-7H2,1-2H3. The maximum Gasteiger partial charge on any atom is 0.0914 e. The Balaban J connectivity index is 2.81. The number of methoxy groups -OCH3 is 1. The number of hydrogen-bond donors (Lipinski definition) is 2. The minimum absolute atomic E-state index is 0.470. The lowest BCUT2D eigenvalue weighted by atomic mass is 10.1. The van der Waals surface area contributed by atoms with E-state index in [1.807, 2.05) is 25.2 Å². The molecule has 0 radical (unpaired) electrons. The van der Waals surface area contributed by atoms with Gasteiger partial charge in [0.1, 0.15) is 0 Å². The van der Waals surface area contributed by atoms with Gasteiger partial charge in [0.2, 0.25) is 0 Å². The zero-order valence-electron chi connectivity index (χ0n) is 8.96. The third-order valence-corrected chi connectivity index (χ3v) is 2.90. The molecule has 0 heterocycles. The summed E-state index contributed by atoms with van der Waals surface area (Å²) in [5.74, 6) is 0. The van der Waals surface area contributed by atoms with Crippen LogP contribution >= 0.6 is 15.9 Å². The van der Waals surface area contributed by atoms with Crippen LogP contribution in [0.3, 0.4) is 0 Å². The summed E-state index contributed by atoms with van der Waals surface area (Å²) in [5, 5.41) is 12.7. The van der Waals surface area contributed by atoms with Crippen molar-refractivity contribution in [1.82, 2.24) is 5.32 Å².